The average Bonchev–Trinajstić information content (AvgIpc) is 2.03. The maximum Gasteiger partial charge on any atom is 0.262 e. The number of hydrogen-bond donors (Lipinski definition) is 0. The molecule has 0 amide bonds. The van der Waals surface area contributed by atoms with Crippen LogP contribution in [0.3, 0.4) is 0 Å². The van der Waals surface area contributed by atoms with E-state index in [9.17, 15) is 8.42 Å². The van der Waals surface area contributed by atoms with Crippen molar-refractivity contribution in [3.05, 3.63) is 24.3 Å². The molecule has 0 aliphatic heterocycles. The highest BCUT2D eigenvalue weighted by atomic mass is 35.7. The summed E-state index contributed by atoms with van der Waals surface area (Å²) in [6, 6.07) is 6.64. The quantitative estimate of drug-likeness (QED) is 0.569. The van der Waals surface area contributed by atoms with Crippen LogP contribution in [0.15, 0.2) is 34.1 Å². The average molecular weight is 223 g/mol. The lowest BCUT2D eigenvalue weighted by Crippen LogP contribution is -1.92. The topological polar surface area (TPSA) is 34.1 Å². The minimum absolute atomic E-state index is 0.180. The Balaban J connectivity index is 3.33. The largest absolute Gasteiger partial charge is 0.262 e. The molecule has 1 rings (SSSR count). The number of halogens is 1. The molecule has 0 bridgehead atoms. The van der Waals surface area contributed by atoms with Crippen LogP contribution in [0.5, 0.6) is 0 Å². The van der Waals surface area contributed by atoms with Gasteiger partial charge < -0.3 is 0 Å². The lowest BCUT2D eigenvalue weighted by molar-refractivity contribution is 0.608. The zero-order valence-corrected chi connectivity index (χ0v) is 8.71. The predicted molar refractivity (Wildman–Crippen MR) is 51.3 cm³/mol. The smallest absolute Gasteiger partial charge is 0.207 e. The molecule has 1 aromatic carbocycles. The van der Waals surface area contributed by atoms with E-state index in [-0.39, 0.29) is 4.90 Å². The summed E-state index contributed by atoms with van der Waals surface area (Å²) in [7, 11) is 1.61. The monoisotopic (exact) mass is 222 g/mol. The van der Waals surface area contributed by atoms with Crippen molar-refractivity contribution in [2.75, 3.05) is 6.26 Å². The Kier molecular flexibility index (Phi) is 3.04. The predicted octanol–water partition coefficient (Wildman–Crippen LogP) is 2.34. The van der Waals surface area contributed by atoms with Gasteiger partial charge in [0, 0.05) is 15.6 Å². The highest BCUT2D eigenvalue weighted by Crippen LogP contribution is 2.26. The molecule has 0 aliphatic rings. The van der Waals surface area contributed by atoms with Gasteiger partial charge >= 0.3 is 0 Å². The van der Waals surface area contributed by atoms with Crippen molar-refractivity contribution in [2.45, 2.75) is 9.79 Å². The fourth-order valence-corrected chi connectivity index (χ4v) is 2.97. The van der Waals surface area contributed by atoms with E-state index in [2.05, 4.69) is 0 Å². The fraction of sp³-hybridized carbons (Fsp3) is 0.143. The van der Waals surface area contributed by atoms with Gasteiger partial charge in [0.05, 0.1) is 4.90 Å². The Morgan fingerprint density at radius 3 is 2.33 bits per heavy atom. The van der Waals surface area contributed by atoms with Gasteiger partial charge in [-0.05, 0) is 18.4 Å². The van der Waals surface area contributed by atoms with Gasteiger partial charge in [0.15, 0.2) is 0 Å². The first-order valence-corrected chi connectivity index (χ1v) is 6.67. The minimum Gasteiger partial charge on any atom is -0.207 e. The zero-order valence-electron chi connectivity index (χ0n) is 6.32. The summed E-state index contributed by atoms with van der Waals surface area (Å²) in [4.78, 5) is 0.853. The van der Waals surface area contributed by atoms with E-state index in [1.165, 1.54) is 17.8 Å². The van der Waals surface area contributed by atoms with Crippen LogP contribution in [-0.2, 0) is 9.05 Å². The van der Waals surface area contributed by atoms with E-state index in [4.69, 9.17) is 10.7 Å². The molecule has 0 aliphatic carbocycles. The molecular formula is C7H7ClO2S2. The van der Waals surface area contributed by atoms with Crippen molar-refractivity contribution in [1.29, 1.82) is 0 Å². The summed E-state index contributed by atoms with van der Waals surface area (Å²) in [6.45, 7) is 0. The third-order valence-corrected chi connectivity index (χ3v) is 3.64. The van der Waals surface area contributed by atoms with Crippen molar-refractivity contribution < 1.29 is 8.42 Å². The normalized spacial score (nSPS) is 11.5. The van der Waals surface area contributed by atoms with Gasteiger partial charge in [-0.1, -0.05) is 12.1 Å². The first-order chi connectivity index (χ1) is 5.55. The maximum atomic E-state index is 11.0. The number of hydrogen-bond acceptors (Lipinski definition) is 3. The standard InChI is InChI=1S/C7H7ClO2S2/c1-11-6-4-2-3-5-7(6)12(8,9)10/h2-5H,1H3. The summed E-state index contributed by atoms with van der Waals surface area (Å²) < 4.78 is 21.9. The molecule has 0 saturated heterocycles. The third-order valence-electron chi connectivity index (χ3n) is 1.33. The van der Waals surface area contributed by atoms with Gasteiger partial charge in [0.25, 0.3) is 9.05 Å². The summed E-state index contributed by atoms with van der Waals surface area (Å²) >= 11 is 1.36. The highest BCUT2D eigenvalue weighted by molar-refractivity contribution is 8.14. The van der Waals surface area contributed by atoms with Gasteiger partial charge in [0.1, 0.15) is 0 Å². The molecule has 0 radical (unpaired) electrons. The third kappa shape index (κ3) is 2.15. The van der Waals surface area contributed by atoms with Crippen LogP contribution in [0.2, 0.25) is 0 Å². The van der Waals surface area contributed by atoms with Gasteiger partial charge in [-0.2, -0.15) is 0 Å². The van der Waals surface area contributed by atoms with E-state index >= 15 is 0 Å². The van der Waals surface area contributed by atoms with Crippen LogP contribution in [0, 0.1) is 0 Å². The molecule has 0 heterocycles. The van der Waals surface area contributed by atoms with Crippen molar-refractivity contribution in [1.82, 2.24) is 0 Å². The lowest BCUT2D eigenvalue weighted by atomic mass is 10.4. The maximum absolute atomic E-state index is 11.0. The van der Waals surface area contributed by atoms with Gasteiger partial charge in [0.2, 0.25) is 0 Å². The lowest BCUT2D eigenvalue weighted by Gasteiger charge is -2.01. The van der Waals surface area contributed by atoms with Crippen LogP contribution < -0.4 is 0 Å². The van der Waals surface area contributed by atoms with E-state index in [0.717, 1.165) is 0 Å². The molecule has 2 nitrogen and oxygen atoms in total. The van der Waals surface area contributed by atoms with Gasteiger partial charge in [-0.25, -0.2) is 8.42 Å². The Morgan fingerprint density at radius 1 is 1.33 bits per heavy atom. The summed E-state index contributed by atoms with van der Waals surface area (Å²) in [5.74, 6) is 0. The van der Waals surface area contributed by atoms with Gasteiger partial charge in [-0.3, -0.25) is 0 Å². The Morgan fingerprint density at radius 2 is 1.92 bits per heavy atom. The molecule has 0 atom stereocenters. The molecule has 0 saturated carbocycles. The molecule has 66 valence electrons. The summed E-state index contributed by atoms with van der Waals surface area (Å²) in [5.41, 5.74) is 0. The SMILES string of the molecule is CSc1ccccc1S(=O)(=O)Cl. The summed E-state index contributed by atoms with van der Waals surface area (Å²) in [5, 5.41) is 0. The first-order valence-electron chi connectivity index (χ1n) is 3.13. The molecule has 5 heteroatoms. The highest BCUT2D eigenvalue weighted by Gasteiger charge is 2.13. The minimum atomic E-state index is -3.59. The summed E-state index contributed by atoms with van der Waals surface area (Å²) in [6.07, 6.45) is 1.81. The second-order valence-corrected chi connectivity index (χ2v) is 5.47. The second kappa shape index (κ2) is 3.68. The number of rotatable bonds is 2. The van der Waals surface area contributed by atoms with Gasteiger partial charge in [-0.15, -0.1) is 11.8 Å². The molecule has 1 aromatic rings. The molecule has 0 spiro atoms. The molecule has 0 N–H and O–H groups in total. The Labute approximate surface area is 80.4 Å². The van der Waals surface area contributed by atoms with E-state index in [1.54, 1.807) is 24.5 Å². The number of benzene rings is 1. The van der Waals surface area contributed by atoms with Crippen molar-refractivity contribution in [3.8, 4) is 0 Å². The van der Waals surface area contributed by atoms with Crippen molar-refractivity contribution >= 4 is 31.5 Å². The van der Waals surface area contributed by atoms with Crippen LogP contribution >= 0.6 is 22.4 Å². The van der Waals surface area contributed by atoms with E-state index < -0.39 is 9.05 Å². The van der Waals surface area contributed by atoms with Crippen molar-refractivity contribution in [2.24, 2.45) is 0 Å². The first kappa shape index (κ1) is 9.89. The molecular weight excluding hydrogens is 216 g/mol. The number of thioether (sulfide) groups is 1. The van der Waals surface area contributed by atoms with Crippen LogP contribution in [0.1, 0.15) is 0 Å². The Bertz CT molecular complexity index is 373. The van der Waals surface area contributed by atoms with E-state index in [1.807, 2.05) is 0 Å². The molecule has 12 heavy (non-hydrogen) atoms. The molecule has 0 aromatic heterocycles. The molecule has 0 unspecified atom stereocenters. The zero-order chi connectivity index (χ0) is 9.19. The van der Waals surface area contributed by atoms with Crippen LogP contribution in [0.4, 0.5) is 0 Å². The van der Waals surface area contributed by atoms with Crippen molar-refractivity contribution in [3.63, 3.8) is 0 Å². The second-order valence-electron chi connectivity index (χ2n) is 2.09. The van der Waals surface area contributed by atoms with Crippen LogP contribution in [-0.4, -0.2) is 14.7 Å². The fourth-order valence-electron chi connectivity index (χ4n) is 0.820. The van der Waals surface area contributed by atoms with E-state index in [0.29, 0.717) is 4.90 Å². The Hall–Kier alpha value is -0.190. The molecule has 0 fully saturated rings. The van der Waals surface area contributed by atoms with Crippen LogP contribution in [0.25, 0.3) is 0 Å².